The Morgan fingerprint density at radius 1 is 1.19 bits per heavy atom. The van der Waals surface area contributed by atoms with Crippen LogP contribution in [0.3, 0.4) is 0 Å². The Morgan fingerprint density at radius 3 is 2.76 bits per heavy atom. The Bertz CT molecular complexity index is 707. The highest BCUT2D eigenvalue weighted by Gasteiger charge is 2.16. The van der Waals surface area contributed by atoms with Crippen molar-refractivity contribution in [2.75, 3.05) is 16.4 Å². The topological polar surface area (TPSA) is 67.1 Å². The molecule has 0 spiro atoms. The number of fused-ring (bicyclic) bond motifs is 1. The van der Waals surface area contributed by atoms with Crippen LogP contribution in [0.25, 0.3) is 0 Å². The molecular weight excluding hydrogens is 330 g/mol. The molecule has 4 N–H and O–H groups in total. The Hall–Kier alpha value is -2.01. The molecule has 1 heterocycles. The van der Waals surface area contributed by atoms with Gasteiger partial charge in [-0.3, -0.25) is 4.79 Å². The predicted molar refractivity (Wildman–Crippen MR) is 90.0 cm³/mol. The molecule has 0 saturated carbocycles. The van der Waals surface area contributed by atoms with Crippen LogP contribution in [0.4, 0.5) is 22.7 Å². The standard InChI is InChI=1S/C16H16BrN3O/c1-9-4-11(17)7-12(5-9)19-15-8-14-10(6-13(15)18)2-3-16(21)20-14/h4-8,19H,2-3,18H2,1H3,(H,20,21). The molecule has 5 heteroatoms. The summed E-state index contributed by atoms with van der Waals surface area (Å²) in [6.45, 7) is 2.03. The van der Waals surface area contributed by atoms with E-state index in [-0.39, 0.29) is 5.91 Å². The van der Waals surface area contributed by atoms with E-state index in [9.17, 15) is 4.79 Å². The normalized spacial score (nSPS) is 13.5. The number of carbonyl (C=O) groups is 1. The highest BCUT2D eigenvalue weighted by molar-refractivity contribution is 9.10. The molecule has 2 aromatic rings. The van der Waals surface area contributed by atoms with Crippen LogP contribution >= 0.6 is 15.9 Å². The van der Waals surface area contributed by atoms with Crippen LogP contribution in [0, 0.1) is 6.92 Å². The zero-order chi connectivity index (χ0) is 15.0. The number of nitrogens with two attached hydrogens (primary N) is 1. The number of nitrogen functional groups attached to an aromatic ring is 1. The largest absolute Gasteiger partial charge is 0.397 e. The molecular formula is C16H16BrN3O. The van der Waals surface area contributed by atoms with Crippen molar-refractivity contribution >= 4 is 44.6 Å². The summed E-state index contributed by atoms with van der Waals surface area (Å²) in [6.07, 6.45) is 1.26. The Balaban J connectivity index is 1.95. The second kappa shape index (κ2) is 5.41. The number of halogens is 1. The second-order valence-corrected chi connectivity index (χ2v) is 6.20. The molecule has 0 radical (unpaired) electrons. The summed E-state index contributed by atoms with van der Waals surface area (Å²) in [5.41, 5.74) is 11.6. The predicted octanol–water partition coefficient (Wildman–Crippen LogP) is 3.97. The fourth-order valence-electron chi connectivity index (χ4n) is 2.52. The summed E-state index contributed by atoms with van der Waals surface area (Å²) in [5, 5.41) is 6.20. The van der Waals surface area contributed by atoms with Gasteiger partial charge >= 0.3 is 0 Å². The van der Waals surface area contributed by atoms with Gasteiger partial charge in [-0.2, -0.15) is 0 Å². The zero-order valence-electron chi connectivity index (χ0n) is 11.7. The first-order valence-electron chi connectivity index (χ1n) is 6.78. The van der Waals surface area contributed by atoms with Crippen LogP contribution in [0.15, 0.2) is 34.8 Å². The van der Waals surface area contributed by atoms with Gasteiger partial charge in [0.25, 0.3) is 0 Å². The number of hydrogen-bond donors (Lipinski definition) is 3. The third-order valence-corrected chi connectivity index (χ3v) is 3.95. The molecule has 0 atom stereocenters. The van der Waals surface area contributed by atoms with Crippen molar-refractivity contribution < 1.29 is 4.79 Å². The first-order valence-corrected chi connectivity index (χ1v) is 7.57. The van der Waals surface area contributed by atoms with E-state index in [1.807, 2.05) is 37.3 Å². The summed E-state index contributed by atoms with van der Waals surface area (Å²) < 4.78 is 1.01. The maximum Gasteiger partial charge on any atom is 0.224 e. The molecule has 3 rings (SSSR count). The van der Waals surface area contributed by atoms with E-state index in [1.165, 1.54) is 0 Å². The number of hydrogen-bond acceptors (Lipinski definition) is 3. The molecule has 1 aliphatic heterocycles. The molecule has 4 nitrogen and oxygen atoms in total. The molecule has 0 saturated heterocycles. The van der Waals surface area contributed by atoms with Crippen molar-refractivity contribution in [2.24, 2.45) is 0 Å². The zero-order valence-corrected chi connectivity index (χ0v) is 13.3. The molecule has 1 amide bonds. The summed E-state index contributed by atoms with van der Waals surface area (Å²) in [5.74, 6) is 0.0523. The van der Waals surface area contributed by atoms with Gasteiger partial charge < -0.3 is 16.4 Å². The lowest BCUT2D eigenvalue weighted by molar-refractivity contribution is -0.116. The van der Waals surface area contributed by atoms with Crippen LogP contribution in [-0.4, -0.2) is 5.91 Å². The molecule has 2 aromatic carbocycles. The first-order chi connectivity index (χ1) is 10.0. The second-order valence-electron chi connectivity index (χ2n) is 5.29. The van der Waals surface area contributed by atoms with Crippen molar-refractivity contribution in [1.82, 2.24) is 0 Å². The van der Waals surface area contributed by atoms with Crippen molar-refractivity contribution in [3.05, 3.63) is 45.9 Å². The number of nitrogens with one attached hydrogen (secondary N) is 2. The molecule has 21 heavy (non-hydrogen) atoms. The lowest BCUT2D eigenvalue weighted by atomic mass is 10.0. The lowest BCUT2D eigenvalue weighted by Crippen LogP contribution is -2.19. The number of aryl methyl sites for hydroxylation is 2. The number of benzene rings is 2. The highest BCUT2D eigenvalue weighted by atomic mass is 79.9. The van der Waals surface area contributed by atoms with E-state index in [1.54, 1.807) is 0 Å². The molecule has 0 fully saturated rings. The fourth-order valence-corrected chi connectivity index (χ4v) is 3.13. The highest BCUT2D eigenvalue weighted by Crippen LogP contribution is 2.33. The summed E-state index contributed by atoms with van der Waals surface area (Å²) in [7, 11) is 0. The van der Waals surface area contributed by atoms with Crippen molar-refractivity contribution in [2.45, 2.75) is 19.8 Å². The molecule has 0 aromatic heterocycles. The SMILES string of the molecule is Cc1cc(Br)cc(Nc2cc3c(cc2N)CCC(=O)N3)c1. The van der Waals surface area contributed by atoms with Crippen molar-refractivity contribution in [3.63, 3.8) is 0 Å². The van der Waals surface area contributed by atoms with E-state index >= 15 is 0 Å². The van der Waals surface area contributed by atoms with Gasteiger partial charge in [-0.25, -0.2) is 0 Å². The molecule has 0 aliphatic carbocycles. The Kier molecular flexibility index (Phi) is 3.59. The van der Waals surface area contributed by atoms with Crippen LogP contribution < -0.4 is 16.4 Å². The average Bonchev–Trinajstić information content (AvgIpc) is 2.39. The molecule has 0 bridgehead atoms. The third-order valence-electron chi connectivity index (χ3n) is 3.49. The van der Waals surface area contributed by atoms with E-state index in [4.69, 9.17) is 5.73 Å². The van der Waals surface area contributed by atoms with Crippen molar-refractivity contribution in [1.29, 1.82) is 0 Å². The summed E-state index contributed by atoms with van der Waals surface area (Å²) in [6, 6.07) is 9.91. The van der Waals surface area contributed by atoms with Crippen LogP contribution in [0.1, 0.15) is 17.5 Å². The van der Waals surface area contributed by atoms with Gasteiger partial charge in [0.15, 0.2) is 0 Å². The lowest BCUT2D eigenvalue weighted by Gasteiger charge is -2.20. The monoisotopic (exact) mass is 345 g/mol. The Labute approximate surface area is 131 Å². The minimum Gasteiger partial charge on any atom is -0.397 e. The number of amides is 1. The van der Waals surface area contributed by atoms with E-state index in [0.29, 0.717) is 12.1 Å². The van der Waals surface area contributed by atoms with Crippen LogP contribution in [0.5, 0.6) is 0 Å². The minimum absolute atomic E-state index is 0.0523. The van der Waals surface area contributed by atoms with Gasteiger partial charge in [-0.15, -0.1) is 0 Å². The van der Waals surface area contributed by atoms with Crippen LogP contribution in [-0.2, 0) is 11.2 Å². The van der Waals surface area contributed by atoms with Gasteiger partial charge in [0.1, 0.15) is 0 Å². The molecule has 108 valence electrons. The minimum atomic E-state index is 0.0523. The third kappa shape index (κ3) is 3.03. The van der Waals surface area contributed by atoms with Gasteiger partial charge in [-0.1, -0.05) is 15.9 Å². The number of carbonyl (C=O) groups excluding carboxylic acids is 1. The number of anilines is 4. The van der Waals surface area contributed by atoms with Gasteiger partial charge in [0.2, 0.25) is 5.91 Å². The quantitative estimate of drug-likeness (QED) is 0.721. The fraction of sp³-hybridized carbons (Fsp3) is 0.188. The summed E-state index contributed by atoms with van der Waals surface area (Å²) in [4.78, 5) is 11.5. The average molecular weight is 346 g/mol. The Morgan fingerprint density at radius 2 is 2.00 bits per heavy atom. The van der Waals surface area contributed by atoms with E-state index in [2.05, 4.69) is 26.6 Å². The van der Waals surface area contributed by atoms with Gasteiger partial charge in [-0.05, 0) is 54.8 Å². The smallest absolute Gasteiger partial charge is 0.224 e. The first kappa shape index (κ1) is 13.9. The number of rotatable bonds is 2. The van der Waals surface area contributed by atoms with E-state index < -0.39 is 0 Å². The molecule has 0 unspecified atom stereocenters. The molecule has 1 aliphatic rings. The summed E-state index contributed by atoms with van der Waals surface area (Å²) >= 11 is 3.48. The van der Waals surface area contributed by atoms with Gasteiger partial charge in [0, 0.05) is 22.3 Å². The van der Waals surface area contributed by atoms with Crippen molar-refractivity contribution in [3.8, 4) is 0 Å². The van der Waals surface area contributed by atoms with Crippen LogP contribution in [0.2, 0.25) is 0 Å². The van der Waals surface area contributed by atoms with Gasteiger partial charge in [0.05, 0.1) is 11.4 Å². The maximum atomic E-state index is 11.5. The maximum absolute atomic E-state index is 11.5. The van der Waals surface area contributed by atoms with E-state index in [0.717, 1.165) is 39.1 Å².